The van der Waals surface area contributed by atoms with Crippen molar-refractivity contribution in [2.75, 3.05) is 5.32 Å². The molecule has 0 aliphatic heterocycles. The molecule has 0 bridgehead atoms. The molecule has 0 unspecified atom stereocenters. The lowest BCUT2D eigenvalue weighted by Gasteiger charge is -2.08. The highest BCUT2D eigenvalue weighted by Crippen LogP contribution is 2.30. The van der Waals surface area contributed by atoms with E-state index in [4.69, 9.17) is 16.3 Å². The van der Waals surface area contributed by atoms with Crippen molar-refractivity contribution >= 4 is 60.1 Å². The quantitative estimate of drug-likeness (QED) is 0.327. The van der Waals surface area contributed by atoms with Crippen molar-refractivity contribution in [3.8, 4) is 11.5 Å². The highest BCUT2D eigenvalue weighted by Gasteiger charge is 2.14. The van der Waals surface area contributed by atoms with Crippen LogP contribution in [0.25, 0.3) is 10.2 Å². The van der Waals surface area contributed by atoms with Gasteiger partial charge >= 0.3 is 6.61 Å². The highest BCUT2D eigenvalue weighted by atomic mass is 79.9. The second-order valence-electron chi connectivity index (χ2n) is 6.07. The second-order valence-corrected chi connectivity index (χ2v) is 8.42. The van der Waals surface area contributed by atoms with E-state index in [0.717, 1.165) is 15.8 Å². The molecular weight excluding hydrogens is 518 g/mol. The number of thiazole rings is 1. The molecular formula is C19H12BrClF2N4O3S. The molecule has 0 aliphatic rings. The van der Waals surface area contributed by atoms with Gasteiger partial charge in [0.2, 0.25) is 0 Å². The number of fused-ring (bicyclic) bond motifs is 1. The highest BCUT2D eigenvalue weighted by molar-refractivity contribution is 9.10. The molecule has 2 heterocycles. The van der Waals surface area contributed by atoms with Crippen LogP contribution < -0.4 is 14.8 Å². The normalized spacial score (nSPS) is 11.1. The third-order valence-corrected chi connectivity index (χ3v) is 5.65. The van der Waals surface area contributed by atoms with Gasteiger partial charge in [-0.25, -0.2) is 9.67 Å². The number of hydrogen-bond donors (Lipinski definition) is 1. The molecule has 4 aromatic rings. The van der Waals surface area contributed by atoms with Crippen molar-refractivity contribution in [3.63, 3.8) is 0 Å². The Morgan fingerprint density at radius 1 is 1.26 bits per heavy atom. The molecule has 12 heteroatoms. The number of ether oxygens (including phenoxy) is 2. The Balaban J connectivity index is 1.40. The van der Waals surface area contributed by atoms with Gasteiger partial charge in [-0.3, -0.25) is 10.1 Å². The molecule has 2 aromatic heterocycles. The van der Waals surface area contributed by atoms with Crippen molar-refractivity contribution in [3.05, 3.63) is 63.9 Å². The van der Waals surface area contributed by atoms with Crippen molar-refractivity contribution in [2.24, 2.45) is 0 Å². The van der Waals surface area contributed by atoms with Gasteiger partial charge in [-0.05, 0) is 42.5 Å². The van der Waals surface area contributed by atoms with Gasteiger partial charge in [-0.15, -0.1) is 0 Å². The fourth-order valence-electron chi connectivity index (χ4n) is 2.58. The molecule has 0 spiro atoms. The lowest BCUT2D eigenvalue weighted by atomic mass is 10.3. The molecule has 31 heavy (non-hydrogen) atoms. The number of benzene rings is 2. The van der Waals surface area contributed by atoms with Gasteiger partial charge < -0.3 is 9.47 Å². The van der Waals surface area contributed by atoms with E-state index in [1.807, 2.05) is 0 Å². The number of halogens is 4. The molecule has 1 N–H and O–H groups in total. The van der Waals surface area contributed by atoms with Crippen LogP contribution in [0.2, 0.25) is 5.02 Å². The average molecular weight is 530 g/mol. The Kier molecular flexibility index (Phi) is 6.35. The third-order valence-electron chi connectivity index (χ3n) is 3.93. The standard InChI is InChI=1S/C19H12BrClF2N4O3S/c20-10-1-4-15(12(21)7-10)29-9-27-6-5-14(26-27)17(28)25-19-24-13-3-2-11(30-18(22)23)8-16(13)31-19/h1-8,18H,9H2,(H,24,25,28). The van der Waals surface area contributed by atoms with E-state index in [1.165, 1.54) is 22.9 Å². The molecule has 0 radical (unpaired) electrons. The van der Waals surface area contributed by atoms with Crippen LogP contribution in [-0.4, -0.2) is 27.3 Å². The van der Waals surface area contributed by atoms with Gasteiger partial charge in [-0.1, -0.05) is 38.9 Å². The van der Waals surface area contributed by atoms with E-state index in [0.29, 0.717) is 26.1 Å². The summed E-state index contributed by atoms with van der Waals surface area (Å²) in [6, 6.07) is 11.1. The molecule has 1 amide bonds. The Labute approximate surface area is 191 Å². The number of rotatable bonds is 7. The van der Waals surface area contributed by atoms with Crippen LogP contribution in [0.3, 0.4) is 0 Å². The zero-order valence-corrected chi connectivity index (χ0v) is 18.5. The summed E-state index contributed by atoms with van der Waals surface area (Å²) in [4.78, 5) is 16.7. The number of anilines is 1. The first-order chi connectivity index (χ1) is 14.9. The fourth-order valence-corrected chi connectivity index (χ4v) is 4.20. The van der Waals surface area contributed by atoms with Crippen LogP contribution in [0.4, 0.5) is 13.9 Å². The third kappa shape index (κ3) is 5.30. The minimum Gasteiger partial charge on any atom is -0.470 e. The summed E-state index contributed by atoms with van der Waals surface area (Å²) in [6.45, 7) is -2.86. The molecule has 7 nitrogen and oxygen atoms in total. The van der Waals surface area contributed by atoms with E-state index < -0.39 is 12.5 Å². The number of amides is 1. The Morgan fingerprint density at radius 3 is 2.87 bits per heavy atom. The van der Waals surface area contributed by atoms with E-state index in [-0.39, 0.29) is 18.2 Å². The van der Waals surface area contributed by atoms with Crippen molar-refractivity contribution in [2.45, 2.75) is 13.3 Å². The smallest absolute Gasteiger partial charge is 0.387 e. The number of nitrogens with one attached hydrogen (secondary N) is 1. The first-order valence-corrected chi connectivity index (χ1v) is 10.6. The van der Waals surface area contributed by atoms with Crippen LogP contribution in [0, 0.1) is 0 Å². The first-order valence-electron chi connectivity index (χ1n) is 8.65. The van der Waals surface area contributed by atoms with E-state index in [9.17, 15) is 13.6 Å². The molecule has 0 saturated carbocycles. The minimum absolute atomic E-state index is 0.0219. The predicted octanol–water partition coefficient (Wildman–Crippen LogP) is 5.80. The zero-order valence-electron chi connectivity index (χ0n) is 15.4. The number of hydrogen-bond acceptors (Lipinski definition) is 6. The Bertz CT molecular complexity index is 1250. The van der Waals surface area contributed by atoms with E-state index in [2.05, 4.69) is 36.1 Å². The van der Waals surface area contributed by atoms with Crippen molar-refractivity contribution < 1.29 is 23.0 Å². The topological polar surface area (TPSA) is 78.3 Å². The fraction of sp³-hybridized carbons (Fsp3) is 0.105. The van der Waals surface area contributed by atoms with Crippen molar-refractivity contribution in [1.29, 1.82) is 0 Å². The van der Waals surface area contributed by atoms with Gasteiger partial charge in [0, 0.05) is 10.7 Å². The maximum atomic E-state index is 12.5. The van der Waals surface area contributed by atoms with Gasteiger partial charge in [0.15, 0.2) is 17.6 Å². The number of carbonyl (C=O) groups excluding carboxylic acids is 1. The summed E-state index contributed by atoms with van der Waals surface area (Å²) < 4.78 is 37.6. The van der Waals surface area contributed by atoms with Crippen LogP contribution >= 0.6 is 38.9 Å². The number of nitrogens with zero attached hydrogens (tertiary/aromatic N) is 3. The summed E-state index contributed by atoms with van der Waals surface area (Å²) in [6.07, 6.45) is 1.59. The summed E-state index contributed by atoms with van der Waals surface area (Å²) in [7, 11) is 0. The molecule has 2 aromatic carbocycles. The van der Waals surface area contributed by atoms with Crippen LogP contribution in [-0.2, 0) is 6.73 Å². The molecule has 0 aliphatic carbocycles. The van der Waals surface area contributed by atoms with E-state index >= 15 is 0 Å². The molecule has 160 valence electrons. The number of carbonyl (C=O) groups is 1. The lowest BCUT2D eigenvalue weighted by molar-refractivity contribution is -0.0497. The second kappa shape index (κ2) is 9.16. The largest absolute Gasteiger partial charge is 0.470 e. The molecule has 0 atom stereocenters. The first kappa shape index (κ1) is 21.5. The molecule has 0 fully saturated rings. The summed E-state index contributed by atoms with van der Waals surface area (Å²) >= 11 is 10.6. The maximum Gasteiger partial charge on any atom is 0.387 e. The van der Waals surface area contributed by atoms with Crippen molar-refractivity contribution in [1.82, 2.24) is 14.8 Å². The van der Waals surface area contributed by atoms with E-state index in [1.54, 1.807) is 30.5 Å². The SMILES string of the molecule is O=C(Nc1nc2ccc(OC(F)F)cc2s1)c1ccn(COc2ccc(Br)cc2Cl)n1. The lowest BCUT2D eigenvalue weighted by Crippen LogP contribution is -2.14. The number of alkyl halides is 2. The van der Waals surface area contributed by atoms with Crippen LogP contribution in [0.5, 0.6) is 11.5 Å². The maximum absolute atomic E-state index is 12.5. The predicted molar refractivity (Wildman–Crippen MR) is 116 cm³/mol. The van der Waals surface area contributed by atoms with Crippen LogP contribution in [0.15, 0.2) is 53.1 Å². The van der Waals surface area contributed by atoms with Gasteiger partial charge in [0.25, 0.3) is 5.91 Å². The monoisotopic (exact) mass is 528 g/mol. The average Bonchev–Trinajstić information content (AvgIpc) is 3.33. The minimum atomic E-state index is -2.91. The summed E-state index contributed by atoms with van der Waals surface area (Å²) in [5.41, 5.74) is 0.707. The Morgan fingerprint density at radius 2 is 2.10 bits per heavy atom. The number of aromatic nitrogens is 3. The van der Waals surface area contributed by atoms with Gasteiger partial charge in [0.05, 0.1) is 15.2 Å². The summed E-state index contributed by atoms with van der Waals surface area (Å²) in [5.74, 6) is 0.0354. The van der Waals surface area contributed by atoms with Gasteiger partial charge in [0.1, 0.15) is 11.5 Å². The summed E-state index contributed by atoms with van der Waals surface area (Å²) in [5, 5.41) is 7.57. The van der Waals surface area contributed by atoms with Gasteiger partial charge in [-0.2, -0.15) is 13.9 Å². The Hall–Kier alpha value is -2.76. The zero-order chi connectivity index (χ0) is 22.0. The molecule has 4 rings (SSSR count). The molecule has 0 saturated heterocycles. The van der Waals surface area contributed by atoms with Crippen LogP contribution in [0.1, 0.15) is 10.5 Å².